The van der Waals surface area contributed by atoms with Gasteiger partial charge in [0.1, 0.15) is 18.8 Å². The number of quaternary nitrogens is 1. The van der Waals surface area contributed by atoms with Crippen LogP contribution in [-0.2, 0) is 14.3 Å². The lowest BCUT2D eigenvalue weighted by molar-refractivity contribution is -0.678. The van der Waals surface area contributed by atoms with Crippen LogP contribution in [0.2, 0.25) is 0 Å². The van der Waals surface area contributed by atoms with Crippen LogP contribution < -0.4 is 5.32 Å². The summed E-state index contributed by atoms with van der Waals surface area (Å²) in [5.41, 5.74) is 0. The smallest absolute Gasteiger partial charge is 0.323 e. The Morgan fingerprint density at radius 3 is 2.52 bits per heavy atom. The van der Waals surface area contributed by atoms with Crippen molar-refractivity contribution < 1.29 is 19.6 Å². The second-order valence-corrected chi connectivity index (χ2v) is 10.4. The van der Waals surface area contributed by atoms with Crippen molar-refractivity contribution in [3.8, 4) is 6.07 Å². The molecule has 0 spiro atoms. The number of fused-ring (bicyclic) bond motifs is 1. The van der Waals surface area contributed by atoms with Crippen molar-refractivity contribution in [2.45, 2.75) is 82.0 Å². The minimum atomic E-state index is -0.137. The molecule has 2 aliphatic carbocycles. The van der Waals surface area contributed by atoms with E-state index in [9.17, 15) is 10.1 Å². The summed E-state index contributed by atoms with van der Waals surface area (Å²) in [5, 5.41) is 11.8. The number of rotatable bonds is 6. The van der Waals surface area contributed by atoms with Gasteiger partial charge < -0.3 is 14.8 Å². The number of piperidine rings is 1. The highest BCUT2D eigenvalue weighted by Gasteiger charge is 2.48. The first-order chi connectivity index (χ1) is 15.1. The Bertz CT molecular complexity index is 645. The molecular formula is C24H41N4O3+. The number of ether oxygens (including phenoxy) is 2. The molecule has 4 aliphatic rings. The minimum absolute atomic E-state index is 0.0872. The van der Waals surface area contributed by atoms with Gasteiger partial charge in [0, 0.05) is 39.1 Å². The first-order valence-corrected chi connectivity index (χ1v) is 12.4. The normalized spacial score (nSPS) is 39.6. The summed E-state index contributed by atoms with van der Waals surface area (Å²) in [5.74, 6) is 1.38. The average molecular weight is 434 g/mol. The molecule has 5 atom stereocenters. The topological polar surface area (TPSA) is 82.4 Å². The minimum Gasteiger partial charge on any atom is -0.468 e. The van der Waals surface area contributed by atoms with Crippen LogP contribution in [0.25, 0.3) is 0 Å². The molecule has 174 valence electrons. The Kier molecular flexibility index (Phi) is 7.86. The van der Waals surface area contributed by atoms with E-state index in [1.165, 1.54) is 45.8 Å². The molecule has 0 aromatic heterocycles. The predicted molar refractivity (Wildman–Crippen MR) is 117 cm³/mol. The molecule has 4 fully saturated rings. The highest BCUT2D eigenvalue weighted by atomic mass is 16.5. The standard InChI is InChI=1S/C24H40N4O3/c1-30-20-8-6-17(7-9-20)13-28-16-26-21-11-22(24(29)31-2)27(15-23(21)28)14-19-5-3-4-18(10-19)12-25/h17-23,26H,3-11,13-16H2,1-2H3/p+1. The maximum Gasteiger partial charge on any atom is 0.323 e. The second-order valence-electron chi connectivity index (χ2n) is 10.4. The van der Waals surface area contributed by atoms with Crippen molar-refractivity contribution in [1.29, 1.82) is 5.26 Å². The van der Waals surface area contributed by atoms with Crippen LogP contribution in [-0.4, -0.2) is 80.5 Å². The number of likely N-dealkylation sites (tertiary alicyclic amines) is 1. The molecule has 4 rings (SSSR count). The number of hydrogen-bond acceptors (Lipinski definition) is 6. The fourth-order valence-electron chi connectivity index (χ4n) is 6.69. The number of esters is 1. The predicted octanol–water partition coefficient (Wildman–Crippen LogP) is 1.34. The number of carbonyl (C=O) groups is 1. The third-order valence-corrected chi connectivity index (χ3v) is 8.51. The van der Waals surface area contributed by atoms with Gasteiger partial charge in [-0.25, -0.2) is 4.90 Å². The number of carbonyl (C=O) groups excluding carboxylic acids is 1. The Morgan fingerprint density at radius 2 is 1.81 bits per heavy atom. The zero-order chi connectivity index (χ0) is 21.8. The average Bonchev–Trinajstić information content (AvgIpc) is 3.20. The van der Waals surface area contributed by atoms with E-state index in [1.807, 2.05) is 7.11 Å². The van der Waals surface area contributed by atoms with Gasteiger partial charge in [0.05, 0.1) is 25.3 Å². The summed E-state index contributed by atoms with van der Waals surface area (Å²) in [6, 6.07) is 3.33. The summed E-state index contributed by atoms with van der Waals surface area (Å²) < 4.78 is 10.7. The van der Waals surface area contributed by atoms with Crippen LogP contribution in [0.3, 0.4) is 0 Å². The molecule has 2 saturated carbocycles. The molecule has 0 amide bonds. The Labute approximate surface area is 187 Å². The molecular weight excluding hydrogens is 392 g/mol. The number of nitrogens with zero attached hydrogens (tertiary/aromatic N) is 3. The first kappa shape index (κ1) is 23.0. The van der Waals surface area contributed by atoms with Crippen LogP contribution >= 0.6 is 0 Å². The van der Waals surface area contributed by atoms with Gasteiger partial charge in [0.25, 0.3) is 0 Å². The van der Waals surface area contributed by atoms with Crippen LogP contribution in [0.15, 0.2) is 0 Å². The van der Waals surface area contributed by atoms with Crippen molar-refractivity contribution in [2.75, 3.05) is 40.5 Å². The Balaban J connectivity index is 1.39. The van der Waals surface area contributed by atoms with Gasteiger partial charge in [-0.2, -0.15) is 5.26 Å². The van der Waals surface area contributed by atoms with E-state index in [0.29, 0.717) is 24.1 Å². The van der Waals surface area contributed by atoms with Gasteiger partial charge in [0.15, 0.2) is 0 Å². The highest BCUT2D eigenvalue weighted by Crippen LogP contribution is 2.33. The third-order valence-electron chi connectivity index (χ3n) is 8.51. The zero-order valence-electron chi connectivity index (χ0n) is 19.4. The molecule has 31 heavy (non-hydrogen) atoms. The first-order valence-electron chi connectivity index (χ1n) is 12.4. The van der Waals surface area contributed by atoms with Gasteiger partial charge in [-0.05, 0) is 56.8 Å². The summed E-state index contributed by atoms with van der Waals surface area (Å²) in [6.07, 6.45) is 10.5. The van der Waals surface area contributed by atoms with E-state index < -0.39 is 0 Å². The lowest BCUT2D eigenvalue weighted by Gasteiger charge is -2.43. The molecule has 0 bridgehead atoms. The fraction of sp³-hybridized carbons (Fsp3) is 0.917. The van der Waals surface area contributed by atoms with Crippen molar-refractivity contribution in [1.82, 2.24) is 9.80 Å². The summed E-state index contributed by atoms with van der Waals surface area (Å²) >= 11 is 0. The maximum atomic E-state index is 12.6. The molecule has 0 aromatic rings. The Morgan fingerprint density at radius 1 is 1.03 bits per heavy atom. The molecule has 2 heterocycles. The van der Waals surface area contributed by atoms with Gasteiger partial charge in [-0.1, -0.05) is 6.42 Å². The van der Waals surface area contributed by atoms with Crippen molar-refractivity contribution >= 4 is 5.97 Å². The lowest BCUT2D eigenvalue weighted by atomic mass is 9.81. The fourth-order valence-corrected chi connectivity index (χ4v) is 6.69. The van der Waals surface area contributed by atoms with E-state index in [2.05, 4.69) is 21.2 Å². The lowest BCUT2D eigenvalue weighted by Crippen LogP contribution is -2.89. The largest absolute Gasteiger partial charge is 0.468 e. The van der Waals surface area contributed by atoms with Crippen LogP contribution in [0.5, 0.6) is 0 Å². The van der Waals surface area contributed by atoms with Crippen LogP contribution in [0, 0.1) is 29.1 Å². The molecule has 5 unspecified atom stereocenters. The van der Waals surface area contributed by atoms with Crippen molar-refractivity contribution in [3.05, 3.63) is 0 Å². The van der Waals surface area contributed by atoms with E-state index >= 15 is 0 Å². The van der Waals surface area contributed by atoms with Crippen molar-refractivity contribution in [2.24, 2.45) is 17.8 Å². The molecule has 7 nitrogen and oxygen atoms in total. The number of nitrogens with two attached hydrogens (primary N) is 1. The molecule has 0 aromatic carbocycles. The number of methoxy groups -OCH3 is 2. The van der Waals surface area contributed by atoms with E-state index in [1.54, 1.807) is 0 Å². The molecule has 2 N–H and O–H groups in total. The van der Waals surface area contributed by atoms with Gasteiger partial charge in [-0.15, -0.1) is 0 Å². The van der Waals surface area contributed by atoms with Gasteiger partial charge >= 0.3 is 5.97 Å². The molecule has 2 saturated heterocycles. The summed E-state index contributed by atoms with van der Waals surface area (Å²) in [7, 11) is 3.35. The van der Waals surface area contributed by atoms with E-state index in [0.717, 1.165) is 51.4 Å². The summed E-state index contributed by atoms with van der Waals surface area (Å²) in [6.45, 7) is 4.09. The Hall–Kier alpha value is -1.20. The van der Waals surface area contributed by atoms with E-state index in [4.69, 9.17) is 9.47 Å². The molecule has 0 radical (unpaired) electrons. The molecule has 2 aliphatic heterocycles. The van der Waals surface area contributed by atoms with Gasteiger partial charge in [0.2, 0.25) is 0 Å². The monoisotopic (exact) mass is 433 g/mol. The third kappa shape index (κ3) is 5.42. The maximum absolute atomic E-state index is 12.6. The van der Waals surface area contributed by atoms with Crippen LogP contribution in [0.1, 0.15) is 57.8 Å². The van der Waals surface area contributed by atoms with E-state index in [-0.39, 0.29) is 17.9 Å². The number of nitriles is 1. The summed E-state index contributed by atoms with van der Waals surface area (Å²) in [4.78, 5) is 17.7. The highest BCUT2D eigenvalue weighted by molar-refractivity contribution is 5.75. The second kappa shape index (κ2) is 10.6. The van der Waals surface area contributed by atoms with Crippen molar-refractivity contribution in [3.63, 3.8) is 0 Å². The van der Waals surface area contributed by atoms with Gasteiger partial charge in [-0.3, -0.25) is 9.69 Å². The SMILES string of the molecule is COC(=O)C1CC2[NH2+]CN(CC3CCC(OC)CC3)C2CN1CC1CCCC(C#N)C1. The zero-order valence-corrected chi connectivity index (χ0v) is 19.4. The molecule has 7 heteroatoms. The van der Waals surface area contributed by atoms with Crippen LogP contribution in [0.4, 0.5) is 0 Å². The number of hydrogen-bond donors (Lipinski definition) is 1. The quantitative estimate of drug-likeness (QED) is 0.637.